The van der Waals surface area contributed by atoms with Gasteiger partial charge in [0.2, 0.25) is 0 Å². The van der Waals surface area contributed by atoms with Crippen LogP contribution in [0.2, 0.25) is 0 Å². The predicted octanol–water partition coefficient (Wildman–Crippen LogP) is 0.923. The maximum absolute atomic E-state index is 9.59. The van der Waals surface area contributed by atoms with E-state index in [4.69, 9.17) is 4.74 Å². The second-order valence-electron chi connectivity index (χ2n) is 3.70. The Hall–Kier alpha value is 0.400. The average Bonchev–Trinajstić information content (AvgIpc) is 1.86. The van der Waals surface area contributed by atoms with Crippen LogP contribution in [0.4, 0.5) is 0 Å². The van der Waals surface area contributed by atoms with Crippen molar-refractivity contribution in [2.45, 2.75) is 18.4 Å². The van der Waals surface area contributed by atoms with E-state index in [1.54, 1.807) is 0 Å². The van der Waals surface area contributed by atoms with E-state index < -0.39 is 5.60 Å². The topological polar surface area (TPSA) is 29.5 Å². The number of fused-ring (bicyclic) bond motifs is 2. The van der Waals surface area contributed by atoms with Crippen molar-refractivity contribution in [2.75, 3.05) is 18.5 Å². The Morgan fingerprint density at radius 1 is 1.40 bits per heavy atom. The van der Waals surface area contributed by atoms with Crippen molar-refractivity contribution < 1.29 is 9.84 Å². The van der Waals surface area contributed by atoms with Crippen molar-refractivity contribution >= 4 is 15.9 Å². The molecule has 3 fully saturated rings. The summed E-state index contributed by atoms with van der Waals surface area (Å²) in [5.74, 6) is 0. The van der Waals surface area contributed by atoms with Gasteiger partial charge in [-0.1, -0.05) is 15.9 Å². The lowest BCUT2D eigenvalue weighted by atomic mass is 9.59. The average molecular weight is 207 g/mol. The minimum atomic E-state index is -0.466. The van der Waals surface area contributed by atoms with Crippen LogP contribution in [-0.4, -0.2) is 29.3 Å². The first-order valence-electron chi connectivity index (χ1n) is 3.54. The second-order valence-corrected chi connectivity index (χ2v) is 4.27. The van der Waals surface area contributed by atoms with Gasteiger partial charge in [-0.3, -0.25) is 0 Å². The molecule has 10 heavy (non-hydrogen) atoms. The van der Waals surface area contributed by atoms with Crippen molar-refractivity contribution in [2.24, 2.45) is 5.41 Å². The summed E-state index contributed by atoms with van der Waals surface area (Å²) >= 11 is 3.44. The highest BCUT2D eigenvalue weighted by molar-refractivity contribution is 9.09. The zero-order valence-electron chi connectivity index (χ0n) is 5.77. The van der Waals surface area contributed by atoms with E-state index in [0.29, 0.717) is 6.61 Å². The Kier molecular flexibility index (Phi) is 1.39. The highest BCUT2D eigenvalue weighted by Gasteiger charge is 2.56. The van der Waals surface area contributed by atoms with Gasteiger partial charge in [-0.05, 0) is 12.8 Å². The van der Waals surface area contributed by atoms with Crippen LogP contribution in [0, 0.1) is 5.41 Å². The van der Waals surface area contributed by atoms with E-state index in [9.17, 15) is 5.11 Å². The van der Waals surface area contributed by atoms with Crippen LogP contribution in [0.3, 0.4) is 0 Å². The Morgan fingerprint density at radius 2 is 2.10 bits per heavy atom. The van der Waals surface area contributed by atoms with E-state index in [1.807, 2.05) is 0 Å². The molecule has 0 aromatic rings. The fourth-order valence-corrected chi connectivity index (χ4v) is 2.70. The molecular weight excluding hydrogens is 196 g/mol. The van der Waals surface area contributed by atoms with Crippen LogP contribution in [-0.2, 0) is 4.74 Å². The molecule has 2 nitrogen and oxygen atoms in total. The summed E-state index contributed by atoms with van der Waals surface area (Å²) in [7, 11) is 0. The molecule has 0 aromatic heterocycles. The van der Waals surface area contributed by atoms with Crippen LogP contribution in [0.15, 0.2) is 0 Å². The molecular formula is C7H11BrO2. The summed E-state index contributed by atoms with van der Waals surface area (Å²) in [6.45, 7) is 1.36. The molecule has 1 aliphatic carbocycles. The molecule has 1 saturated carbocycles. The van der Waals surface area contributed by atoms with Crippen LogP contribution >= 0.6 is 15.9 Å². The Balaban J connectivity index is 2.08. The molecule has 2 saturated heterocycles. The summed E-state index contributed by atoms with van der Waals surface area (Å²) in [5, 5.41) is 10.6. The van der Waals surface area contributed by atoms with Crippen LogP contribution in [0.1, 0.15) is 12.8 Å². The molecule has 0 amide bonds. The molecule has 2 bridgehead atoms. The van der Waals surface area contributed by atoms with Gasteiger partial charge in [0.25, 0.3) is 0 Å². The first kappa shape index (κ1) is 7.07. The minimum absolute atomic E-state index is 0.271. The molecule has 3 rings (SSSR count). The largest absolute Gasteiger partial charge is 0.387 e. The highest BCUT2D eigenvalue weighted by Crippen LogP contribution is 2.53. The van der Waals surface area contributed by atoms with Gasteiger partial charge in [-0.15, -0.1) is 0 Å². The Labute approximate surface area is 68.7 Å². The second kappa shape index (κ2) is 1.96. The number of ether oxygens (including phenoxy) is 1. The quantitative estimate of drug-likeness (QED) is 0.648. The fraction of sp³-hybridized carbons (Fsp3) is 1.00. The van der Waals surface area contributed by atoms with Crippen molar-refractivity contribution in [3.8, 4) is 0 Å². The van der Waals surface area contributed by atoms with Crippen LogP contribution < -0.4 is 0 Å². The Bertz CT molecular complexity index is 152. The molecule has 3 aliphatic rings. The number of hydrogen-bond donors (Lipinski definition) is 1. The van der Waals surface area contributed by atoms with Crippen LogP contribution in [0.25, 0.3) is 0 Å². The summed E-state index contributed by atoms with van der Waals surface area (Å²) in [5.41, 5.74) is -0.195. The molecule has 2 aliphatic heterocycles. The van der Waals surface area contributed by atoms with Crippen LogP contribution in [0.5, 0.6) is 0 Å². The summed E-state index contributed by atoms with van der Waals surface area (Å²) in [4.78, 5) is 0. The lowest BCUT2D eigenvalue weighted by Crippen LogP contribution is -2.62. The van der Waals surface area contributed by atoms with Gasteiger partial charge in [0.15, 0.2) is 0 Å². The van der Waals surface area contributed by atoms with Gasteiger partial charge in [-0.25, -0.2) is 0 Å². The molecule has 0 spiro atoms. The van der Waals surface area contributed by atoms with Crippen molar-refractivity contribution in [3.63, 3.8) is 0 Å². The Morgan fingerprint density at radius 3 is 2.50 bits per heavy atom. The van der Waals surface area contributed by atoms with Crippen molar-refractivity contribution in [3.05, 3.63) is 0 Å². The number of halogens is 1. The lowest BCUT2D eigenvalue weighted by Gasteiger charge is -2.56. The third-order valence-corrected chi connectivity index (χ3v) is 3.66. The third kappa shape index (κ3) is 0.840. The van der Waals surface area contributed by atoms with Gasteiger partial charge in [0.05, 0.1) is 18.8 Å². The smallest absolute Gasteiger partial charge is 0.0893 e. The minimum Gasteiger partial charge on any atom is -0.387 e. The number of alkyl halides is 1. The maximum atomic E-state index is 9.59. The van der Waals surface area contributed by atoms with Gasteiger partial charge in [-0.2, -0.15) is 0 Å². The summed E-state index contributed by atoms with van der Waals surface area (Å²) in [6, 6.07) is 0. The van der Waals surface area contributed by atoms with E-state index >= 15 is 0 Å². The normalized spacial score (nSPS) is 52.2. The third-order valence-electron chi connectivity index (χ3n) is 2.47. The van der Waals surface area contributed by atoms with Gasteiger partial charge in [0, 0.05) is 10.7 Å². The fourth-order valence-electron chi connectivity index (χ4n) is 2.14. The molecule has 1 N–H and O–H groups in total. The maximum Gasteiger partial charge on any atom is 0.0893 e. The SMILES string of the molecule is OC12COCC(CBr)(C1)C2. The van der Waals surface area contributed by atoms with Gasteiger partial charge in [0.1, 0.15) is 0 Å². The van der Waals surface area contributed by atoms with E-state index in [0.717, 1.165) is 24.8 Å². The molecule has 3 heteroatoms. The predicted molar refractivity (Wildman–Crippen MR) is 41.2 cm³/mol. The number of rotatable bonds is 1. The standard InChI is InChI=1S/C7H11BrO2/c8-3-6-1-7(9,2-6)5-10-4-6/h9H,1-5H2. The summed E-state index contributed by atoms with van der Waals surface area (Å²) in [6.07, 6.45) is 1.84. The highest BCUT2D eigenvalue weighted by atomic mass is 79.9. The molecule has 58 valence electrons. The molecule has 0 radical (unpaired) electrons. The monoisotopic (exact) mass is 206 g/mol. The molecule has 2 heterocycles. The van der Waals surface area contributed by atoms with Crippen molar-refractivity contribution in [1.29, 1.82) is 0 Å². The lowest BCUT2D eigenvalue weighted by molar-refractivity contribution is -0.227. The zero-order valence-corrected chi connectivity index (χ0v) is 7.35. The van der Waals surface area contributed by atoms with Gasteiger partial charge >= 0.3 is 0 Å². The van der Waals surface area contributed by atoms with E-state index in [-0.39, 0.29) is 5.41 Å². The van der Waals surface area contributed by atoms with Crippen molar-refractivity contribution in [1.82, 2.24) is 0 Å². The van der Waals surface area contributed by atoms with Gasteiger partial charge < -0.3 is 9.84 Å². The molecule has 0 unspecified atom stereocenters. The number of aliphatic hydroxyl groups is 1. The first-order chi connectivity index (χ1) is 4.68. The van der Waals surface area contributed by atoms with E-state index in [1.165, 1.54) is 0 Å². The summed E-state index contributed by atoms with van der Waals surface area (Å²) < 4.78 is 5.25. The number of hydrogen-bond acceptors (Lipinski definition) is 2. The molecule has 0 atom stereocenters. The zero-order chi connectivity index (χ0) is 7.24. The van der Waals surface area contributed by atoms with E-state index in [2.05, 4.69) is 15.9 Å². The molecule has 0 aromatic carbocycles. The first-order valence-corrected chi connectivity index (χ1v) is 4.66.